The van der Waals surface area contributed by atoms with Gasteiger partial charge >= 0.3 is 512 Å². The van der Waals surface area contributed by atoms with Crippen molar-refractivity contribution in [3.8, 4) is 0 Å². The fourth-order valence-electron chi connectivity index (χ4n) is 12.2. The fraction of sp³-hybridized carbons (Fsp3) is 0.0571. The van der Waals surface area contributed by atoms with E-state index in [1.54, 1.807) is 0 Å². The first-order valence-electron chi connectivity index (χ1n) is 32.6. The molecule has 0 amide bonds. The van der Waals surface area contributed by atoms with Gasteiger partial charge in [-0.3, -0.25) is 0 Å². The Kier molecular flexibility index (Phi) is 8.18. The quantitative estimate of drug-likeness (QED) is 0.167. The van der Waals surface area contributed by atoms with Gasteiger partial charge in [-0.2, -0.15) is 0 Å². The van der Waals surface area contributed by atoms with Crippen LogP contribution in [0.1, 0.15) is 16.4 Å². The predicted molar refractivity (Wildman–Crippen MR) is 339 cm³/mol. The van der Waals surface area contributed by atoms with Crippen molar-refractivity contribution in [3.05, 3.63) is 243 Å². The van der Waals surface area contributed by atoms with Gasteiger partial charge in [0.2, 0.25) is 0 Å². The number of fused-ring (bicyclic) bond motifs is 28. The molecule has 0 saturated heterocycles. The normalized spacial score (nSPS) is 18.6. The van der Waals surface area contributed by atoms with Crippen molar-refractivity contribution >= 4 is 141 Å². The van der Waals surface area contributed by atoms with E-state index in [1.165, 1.54) is 19.6 Å². The molecular weight excluding hydrogens is 1370 g/mol. The zero-order chi connectivity index (χ0) is 64.5. The number of hydrogen-bond donors (Lipinski definition) is 0. The summed E-state index contributed by atoms with van der Waals surface area (Å²) in [5, 5.41) is 3.61. The molecule has 0 aliphatic carbocycles. The van der Waals surface area contributed by atoms with Gasteiger partial charge in [-0.25, -0.2) is 0 Å². The molecule has 8 bridgehead atoms. The first-order chi connectivity index (χ1) is 45.2. The molecule has 6 heterocycles. The molecule has 82 heavy (non-hydrogen) atoms. The van der Waals surface area contributed by atoms with Crippen LogP contribution in [-0.2, 0) is 35.3 Å². The van der Waals surface area contributed by atoms with E-state index in [1.807, 2.05) is 177 Å². The summed E-state index contributed by atoms with van der Waals surface area (Å²) < 4.78 is 112. The molecule has 12 heteroatoms. The third kappa shape index (κ3) is 6.95. The molecule has 0 aromatic heterocycles. The van der Waals surface area contributed by atoms with E-state index in [0.717, 1.165) is 55.7 Å². The molecule has 402 valence electrons. The van der Waals surface area contributed by atoms with E-state index in [4.69, 9.17) is 8.22 Å². The van der Waals surface area contributed by atoms with Crippen molar-refractivity contribution in [1.82, 2.24) is 0 Å². The first kappa shape index (κ1) is 36.9. The molecule has 0 saturated carbocycles. The summed E-state index contributed by atoms with van der Waals surface area (Å²) in [6.07, 6.45) is 0. The minimum atomic E-state index is -2.67. The van der Waals surface area contributed by atoms with Crippen molar-refractivity contribution < 1.29 is 51.7 Å². The second-order valence-electron chi connectivity index (χ2n) is 20.4. The van der Waals surface area contributed by atoms with Crippen LogP contribution in [0.2, 0.25) is 0 Å². The van der Waals surface area contributed by atoms with Crippen molar-refractivity contribution in [2.45, 2.75) is 0 Å². The average Bonchev–Trinajstić information content (AvgIpc) is 1.60. The van der Waals surface area contributed by atoms with E-state index in [9.17, 15) is 8.22 Å². The van der Waals surface area contributed by atoms with Crippen molar-refractivity contribution in [1.29, 1.82) is 0 Å². The molecule has 17 rings (SSSR count). The number of para-hydroxylation sites is 8. The standard InChI is InChI=1S/C70H52N10.2Pt/c1-71-45-75(65-31-13-9-27-61(65)71)53-21-17-23-55(41-53)79(69-43-57(39-49-19-5-7-25-59(49)69)77-47-73(3)63-29-11-15-33-67(63)77)51-35-37-52(38-36-51)80(56-24-18-22-54(42-56)76-46-72(2)62-28-10-14-32-66(62)76)70-44-58(40-50-20-6-8-26-60(50)70)78-48-74(4)64-30-12-16-34-68(64)78;;/h5-44H,1-4H3;;/i1D3,2D3,3D3,4D3;;. The summed E-state index contributed by atoms with van der Waals surface area (Å²) in [7, 11) is 0. The summed E-state index contributed by atoms with van der Waals surface area (Å²) in [6, 6.07) is 78.9. The molecule has 11 aromatic carbocycles. The molecule has 6 aliphatic rings. The van der Waals surface area contributed by atoms with Crippen LogP contribution in [0.3, 0.4) is 0 Å². The van der Waals surface area contributed by atoms with Crippen LogP contribution in [0, 0.1) is 0 Å². The van der Waals surface area contributed by atoms with Gasteiger partial charge in [-0.1, -0.05) is 0 Å². The fourth-order valence-corrected chi connectivity index (χ4v) is 18.5. The monoisotopic (exact) mass is 1430 g/mol. The first-order valence-corrected chi connectivity index (χ1v) is 31.1. The second-order valence-corrected chi connectivity index (χ2v) is 25.6. The Morgan fingerprint density at radius 1 is 0.232 bits per heavy atom. The van der Waals surface area contributed by atoms with Gasteiger partial charge in [-0.05, 0) is 0 Å². The van der Waals surface area contributed by atoms with Crippen LogP contribution in [0.5, 0.6) is 0 Å². The van der Waals surface area contributed by atoms with Gasteiger partial charge in [0.15, 0.2) is 0 Å². The van der Waals surface area contributed by atoms with Crippen molar-refractivity contribution in [3.63, 3.8) is 0 Å². The molecule has 0 atom stereocenters. The average molecular weight is 1440 g/mol. The van der Waals surface area contributed by atoms with Crippen LogP contribution in [-0.4, -0.2) is 44.5 Å². The van der Waals surface area contributed by atoms with Crippen molar-refractivity contribution in [2.75, 3.05) is 76.9 Å². The maximum atomic E-state index is 9.20. The summed E-state index contributed by atoms with van der Waals surface area (Å²) in [5.41, 5.74) is 11.9. The summed E-state index contributed by atoms with van der Waals surface area (Å²) in [6.45, 7) is -10.7. The van der Waals surface area contributed by atoms with E-state index in [-0.39, 0.29) is 0 Å². The number of anilines is 18. The minimum absolute atomic E-state index is 0.459. The Labute approximate surface area is 508 Å². The van der Waals surface area contributed by atoms with E-state index in [2.05, 4.69) is 94.7 Å². The molecular formula is C70H52N10Pt2. The second kappa shape index (κ2) is 18.2. The van der Waals surface area contributed by atoms with E-state index >= 15 is 0 Å². The molecule has 6 aliphatic heterocycles. The molecule has 0 unspecified atom stereocenters. The molecule has 0 radical (unpaired) electrons. The van der Waals surface area contributed by atoms with Crippen LogP contribution < -0.4 is 49.0 Å². The Bertz CT molecular complexity index is 4870. The summed E-state index contributed by atoms with van der Waals surface area (Å²) >= 11 is -3.39. The van der Waals surface area contributed by atoms with Gasteiger partial charge in [0.05, 0.1) is 0 Å². The topological polar surface area (TPSA) is 32.4 Å². The number of benzene rings is 11. The SMILES string of the molecule is [2H]C([2H])([2H])N1[C]2=[Pt]=[C]3N(c4cc(c5ccccc5c4)N(c4ccc(N5c6cccc(c6)N6[C](=[Pt]=[C]7N(c8cc5c5ccccc5c8)c5ccccc5N7C([2H])([2H])[2H])N(C([2H])([2H])[2H])c5ccccc56)cc4)c4cccc(c4)N2c2ccccc21)c1ccccc1N3C([2H])([2H])[2H]. The van der Waals surface area contributed by atoms with Gasteiger partial charge in [0, 0.05) is 0 Å². The van der Waals surface area contributed by atoms with Crippen LogP contribution in [0.4, 0.5) is 102 Å². The zero-order valence-electron chi connectivity index (χ0n) is 55.2. The predicted octanol–water partition coefficient (Wildman–Crippen LogP) is 15.8. The molecule has 0 spiro atoms. The number of rotatable bonds is 2. The molecule has 10 nitrogen and oxygen atoms in total. The summed E-state index contributed by atoms with van der Waals surface area (Å²) in [5.74, 6) is 0. The Morgan fingerprint density at radius 2 is 0.524 bits per heavy atom. The van der Waals surface area contributed by atoms with Crippen LogP contribution in [0.15, 0.2) is 243 Å². The maximum absolute atomic E-state index is 9.20. The van der Waals surface area contributed by atoms with Gasteiger partial charge < -0.3 is 0 Å². The number of hydrogen-bond acceptors (Lipinski definition) is 10. The third-order valence-electron chi connectivity index (χ3n) is 15.8. The van der Waals surface area contributed by atoms with E-state index in [0.29, 0.717) is 84.8 Å². The zero-order valence-corrected chi connectivity index (χ0v) is 47.7. The third-order valence-corrected chi connectivity index (χ3v) is 21.9. The van der Waals surface area contributed by atoms with Crippen LogP contribution in [0.25, 0.3) is 21.5 Å². The van der Waals surface area contributed by atoms with Crippen molar-refractivity contribution in [2.24, 2.45) is 0 Å². The number of nitrogens with zero attached hydrogens (tertiary/aromatic N) is 10. The van der Waals surface area contributed by atoms with Gasteiger partial charge in [-0.15, -0.1) is 0 Å². The Hall–Kier alpha value is -9.20. The molecule has 0 N–H and O–H groups in total. The van der Waals surface area contributed by atoms with Gasteiger partial charge in [0.1, 0.15) is 0 Å². The molecule has 0 fully saturated rings. The van der Waals surface area contributed by atoms with Crippen LogP contribution >= 0.6 is 0 Å². The Morgan fingerprint density at radius 3 is 0.866 bits per heavy atom. The molecule has 11 aromatic rings. The summed E-state index contributed by atoms with van der Waals surface area (Å²) in [4.78, 5) is 18.1. The van der Waals surface area contributed by atoms with E-state index < -0.39 is 63.2 Å². The van der Waals surface area contributed by atoms with Gasteiger partial charge in [0.25, 0.3) is 0 Å². The Balaban J connectivity index is 0.916.